The molecule has 1 aromatic rings. The van der Waals surface area contributed by atoms with Gasteiger partial charge in [-0.3, -0.25) is 4.99 Å². The van der Waals surface area contributed by atoms with Crippen LogP contribution in [0.1, 0.15) is 17.5 Å². The minimum atomic E-state index is 0.165. The Labute approximate surface area is 96.7 Å². The van der Waals surface area contributed by atoms with Crippen LogP contribution in [-0.4, -0.2) is 19.0 Å². The van der Waals surface area contributed by atoms with E-state index in [0.29, 0.717) is 6.54 Å². The highest BCUT2D eigenvalue weighted by Gasteiger charge is 1.92. The van der Waals surface area contributed by atoms with E-state index < -0.39 is 0 Å². The van der Waals surface area contributed by atoms with E-state index in [1.54, 1.807) is 0 Å². The second-order valence-electron chi connectivity index (χ2n) is 3.82. The minimum Gasteiger partial charge on any atom is -0.370 e. The zero-order valence-electron chi connectivity index (χ0n) is 9.74. The van der Waals surface area contributed by atoms with Gasteiger partial charge >= 0.3 is 0 Å². The van der Waals surface area contributed by atoms with Gasteiger partial charge in [0.2, 0.25) is 0 Å². The SMILES string of the molecule is Cc1ccc(CNCCCN=C(N)N)cc1. The van der Waals surface area contributed by atoms with Crippen LogP contribution in [0.5, 0.6) is 0 Å². The highest BCUT2D eigenvalue weighted by molar-refractivity contribution is 5.75. The fraction of sp³-hybridized carbons (Fsp3) is 0.417. The molecule has 0 unspecified atom stereocenters. The molecule has 0 fully saturated rings. The van der Waals surface area contributed by atoms with Crippen LogP contribution >= 0.6 is 0 Å². The topological polar surface area (TPSA) is 76.4 Å². The van der Waals surface area contributed by atoms with Crippen molar-refractivity contribution in [2.75, 3.05) is 13.1 Å². The van der Waals surface area contributed by atoms with Crippen LogP contribution in [0.15, 0.2) is 29.3 Å². The van der Waals surface area contributed by atoms with E-state index in [-0.39, 0.29) is 5.96 Å². The number of benzene rings is 1. The van der Waals surface area contributed by atoms with E-state index in [4.69, 9.17) is 11.5 Å². The highest BCUT2D eigenvalue weighted by atomic mass is 15.0. The Kier molecular flexibility index (Phi) is 5.36. The summed E-state index contributed by atoms with van der Waals surface area (Å²) in [5.41, 5.74) is 13.0. The van der Waals surface area contributed by atoms with Gasteiger partial charge in [-0.25, -0.2) is 0 Å². The molecular formula is C12H20N4. The van der Waals surface area contributed by atoms with Gasteiger partial charge in [-0.2, -0.15) is 0 Å². The minimum absolute atomic E-state index is 0.165. The van der Waals surface area contributed by atoms with Crippen molar-refractivity contribution < 1.29 is 0 Å². The van der Waals surface area contributed by atoms with Crippen LogP contribution in [0.4, 0.5) is 0 Å². The van der Waals surface area contributed by atoms with Crippen LogP contribution in [0.25, 0.3) is 0 Å². The molecule has 0 spiro atoms. The molecule has 0 aliphatic heterocycles. The maximum Gasteiger partial charge on any atom is 0.185 e. The maximum absolute atomic E-state index is 5.22. The standard InChI is InChI=1S/C12H20N4/c1-10-3-5-11(6-4-10)9-15-7-2-8-16-12(13)14/h3-6,15H,2,7-9H2,1H3,(H4,13,14,16). The second kappa shape index (κ2) is 6.85. The molecule has 0 amide bonds. The third kappa shape index (κ3) is 5.36. The zero-order valence-corrected chi connectivity index (χ0v) is 9.74. The Morgan fingerprint density at radius 3 is 2.56 bits per heavy atom. The summed E-state index contributed by atoms with van der Waals surface area (Å²) >= 11 is 0. The average molecular weight is 220 g/mol. The van der Waals surface area contributed by atoms with Crippen LogP contribution in [0.2, 0.25) is 0 Å². The smallest absolute Gasteiger partial charge is 0.185 e. The summed E-state index contributed by atoms with van der Waals surface area (Å²) in [6, 6.07) is 8.52. The van der Waals surface area contributed by atoms with E-state index >= 15 is 0 Å². The van der Waals surface area contributed by atoms with E-state index in [1.807, 2.05) is 0 Å². The molecule has 0 aliphatic rings. The lowest BCUT2D eigenvalue weighted by molar-refractivity contribution is 0.655. The fourth-order valence-corrected chi connectivity index (χ4v) is 1.35. The summed E-state index contributed by atoms with van der Waals surface area (Å²) < 4.78 is 0. The maximum atomic E-state index is 5.22. The van der Waals surface area contributed by atoms with E-state index in [9.17, 15) is 0 Å². The van der Waals surface area contributed by atoms with Crippen LogP contribution < -0.4 is 16.8 Å². The zero-order chi connectivity index (χ0) is 11.8. The van der Waals surface area contributed by atoms with Crippen molar-refractivity contribution in [3.8, 4) is 0 Å². The van der Waals surface area contributed by atoms with E-state index in [2.05, 4.69) is 41.5 Å². The normalized spacial score (nSPS) is 10.1. The molecule has 4 nitrogen and oxygen atoms in total. The number of hydrogen-bond donors (Lipinski definition) is 3. The molecule has 0 saturated heterocycles. The van der Waals surface area contributed by atoms with Crippen molar-refractivity contribution in [2.45, 2.75) is 19.9 Å². The second-order valence-corrected chi connectivity index (χ2v) is 3.82. The molecule has 16 heavy (non-hydrogen) atoms. The molecule has 88 valence electrons. The summed E-state index contributed by atoms with van der Waals surface area (Å²) in [5, 5.41) is 3.34. The van der Waals surface area contributed by atoms with Crippen molar-refractivity contribution >= 4 is 5.96 Å². The van der Waals surface area contributed by atoms with Crippen molar-refractivity contribution in [3.05, 3.63) is 35.4 Å². The van der Waals surface area contributed by atoms with Gasteiger partial charge < -0.3 is 16.8 Å². The van der Waals surface area contributed by atoms with Crippen LogP contribution in [-0.2, 0) is 6.54 Å². The van der Waals surface area contributed by atoms with Crippen LogP contribution in [0, 0.1) is 6.92 Å². The van der Waals surface area contributed by atoms with Crippen molar-refractivity contribution in [3.63, 3.8) is 0 Å². The predicted octanol–water partition coefficient (Wildman–Crippen LogP) is 0.748. The first-order valence-electron chi connectivity index (χ1n) is 5.50. The summed E-state index contributed by atoms with van der Waals surface area (Å²) in [6.45, 7) is 4.59. The Hall–Kier alpha value is -1.55. The summed E-state index contributed by atoms with van der Waals surface area (Å²) in [6.07, 6.45) is 0.948. The summed E-state index contributed by atoms with van der Waals surface area (Å²) in [5.74, 6) is 0.165. The number of aryl methyl sites for hydroxylation is 1. The lowest BCUT2D eigenvalue weighted by Gasteiger charge is -2.04. The first kappa shape index (κ1) is 12.5. The third-order valence-electron chi connectivity index (χ3n) is 2.26. The van der Waals surface area contributed by atoms with E-state index in [1.165, 1.54) is 11.1 Å². The monoisotopic (exact) mass is 220 g/mol. The van der Waals surface area contributed by atoms with E-state index in [0.717, 1.165) is 19.5 Å². The van der Waals surface area contributed by atoms with Gasteiger partial charge in [0, 0.05) is 13.1 Å². The summed E-state index contributed by atoms with van der Waals surface area (Å²) in [4.78, 5) is 3.91. The largest absolute Gasteiger partial charge is 0.370 e. The first-order valence-corrected chi connectivity index (χ1v) is 5.50. The van der Waals surface area contributed by atoms with Crippen molar-refractivity contribution in [1.29, 1.82) is 0 Å². The molecule has 1 aromatic carbocycles. The average Bonchev–Trinajstić information content (AvgIpc) is 2.25. The molecule has 0 radical (unpaired) electrons. The predicted molar refractivity (Wildman–Crippen MR) is 68.2 cm³/mol. The lowest BCUT2D eigenvalue weighted by atomic mass is 10.1. The molecule has 0 bridgehead atoms. The third-order valence-corrected chi connectivity index (χ3v) is 2.26. The number of aliphatic imine (C=N–C) groups is 1. The Balaban J connectivity index is 2.12. The molecule has 0 atom stereocenters. The molecule has 0 saturated carbocycles. The van der Waals surface area contributed by atoms with Gasteiger partial charge in [0.05, 0.1) is 0 Å². The Bertz CT molecular complexity index is 325. The summed E-state index contributed by atoms with van der Waals surface area (Å²) in [7, 11) is 0. The van der Waals surface area contributed by atoms with Crippen LogP contribution in [0.3, 0.4) is 0 Å². The first-order chi connectivity index (χ1) is 7.68. The lowest BCUT2D eigenvalue weighted by Crippen LogP contribution is -2.23. The van der Waals surface area contributed by atoms with Gasteiger partial charge in [-0.05, 0) is 25.5 Å². The molecule has 4 heteroatoms. The van der Waals surface area contributed by atoms with Gasteiger partial charge in [-0.1, -0.05) is 29.8 Å². The fourth-order valence-electron chi connectivity index (χ4n) is 1.35. The number of hydrogen-bond acceptors (Lipinski definition) is 2. The Morgan fingerprint density at radius 1 is 1.25 bits per heavy atom. The number of guanidine groups is 1. The quantitative estimate of drug-likeness (QED) is 0.376. The number of nitrogens with two attached hydrogens (primary N) is 2. The molecule has 0 aliphatic carbocycles. The molecule has 0 aromatic heterocycles. The van der Waals surface area contributed by atoms with Gasteiger partial charge in [0.15, 0.2) is 5.96 Å². The van der Waals surface area contributed by atoms with Gasteiger partial charge in [-0.15, -0.1) is 0 Å². The molecule has 5 N–H and O–H groups in total. The van der Waals surface area contributed by atoms with Crippen molar-refractivity contribution in [2.24, 2.45) is 16.5 Å². The molecule has 0 heterocycles. The molecule has 1 rings (SSSR count). The highest BCUT2D eigenvalue weighted by Crippen LogP contribution is 2.02. The van der Waals surface area contributed by atoms with Gasteiger partial charge in [0.1, 0.15) is 0 Å². The van der Waals surface area contributed by atoms with Gasteiger partial charge in [0.25, 0.3) is 0 Å². The Morgan fingerprint density at radius 2 is 1.94 bits per heavy atom. The number of nitrogens with zero attached hydrogens (tertiary/aromatic N) is 1. The van der Waals surface area contributed by atoms with Crippen molar-refractivity contribution in [1.82, 2.24) is 5.32 Å². The number of rotatable bonds is 6. The molecular weight excluding hydrogens is 200 g/mol. The number of nitrogens with one attached hydrogen (secondary N) is 1.